The molecule has 154 valence electrons. The van der Waals surface area contributed by atoms with Crippen molar-refractivity contribution in [1.29, 1.82) is 0 Å². The quantitative estimate of drug-likeness (QED) is 0.493. The molecule has 2 atom stereocenters. The molecule has 0 saturated carbocycles. The van der Waals surface area contributed by atoms with Crippen molar-refractivity contribution in [3.05, 3.63) is 94.3 Å². The standard InChI is InChI=1S/C22H21N3O4S/c1-14-8-6-9-16-10-7-13-18(19(14)16)15(2)20(21-23-24-22(26)29-21)25-30(27,28)17-11-4-3-5-12-17/h3-13,15,20,25H,1-2H3,(H,24,26)/t15-,20+/m1/s1. The summed E-state index contributed by atoms with van der Waals surface area (Å²) in [6.07, 6.45) is 0. The number of rotatable bonds is 6. The largest absolute Gasteiger partial charge is 0.434 e. The lowest BCUT2D eigenvalue weighted by Crippen LogP contribution is -2.32. The van der Waals surface area contributed by atoms with Crippen LogP contribution in [0.4, 0.5) is 0 Å². The van der Waals surface area contributed by atoms with E-state index in [0.29, 0.717) is 0 Å². The monoisotopic (exact) mass is 423 g/mol. The van der Waals surface area contributed by atoms with Crippen molar-refractivity contribution in [2.24, 2.45) is 0 Å². The molecule has 1 aromatic heterocycles. The van der Waals surface area contributed by atoms with Crippen LogP contribution in [-0.2, 0) is 10.0 Å². The van der Waals surface area contributed by atoms with Gasteiger partial charge in [0, 0.05) is 5.92 Å². The molecule has 0 unspecified atom stereocenters. The SMILES string of the molecule is Cc1cccc2cccc([C@@H](C)[C@H](NS(=O)(=O)c3ccccc3)c3n[nH]c(=O)o3)c12. The second-order valence-electron chi connectivity index (χ2n) is 7.17. The Morgan fingerprint density at radius 2 is 1.70 bits per heavy atom. The maximum Gasteiger partial charge on any atom is 0.434 e. The second kappa shape index (κ2) is 7.89. The molecule has 0 aliphatic rings. The zero-order valence-corrected chi connectivity index (χ0v) is 17.3. The van der Waals surface area contributed by atoms with E-state index in [0.717, 1.165) is 21.9 Å². The summed E-state index contributed by atoms with van der Waals surface area (Å²) in [6.45, 7) is 3.89. The van der Waals surface area contributed by atoms with Gasteiger partial charge in [0.05, 0.1) is 4.90 Å². The van der Waals surface area contributed by atoms with Gasteiger partial charge in [-0.25, -0.2) is 18.3 Å². The number of aryl methyl sites for hydroxylation is 1. The van der Waals surface area contributed by atoms with Crippen LogP contribution in [-0.4, -0.2) is 18.6 Å². The highest BCUT2D eigenvalue weighted by Gasteiger charge is 2.32. The molecule has 30 heavy (non-hydrogen) atoms. The molecule has 0 spiro atoms. The number of hydrogen-bond acceptors (Lipinski definition) is 5. The molecule has 3 aromatic carbocycles. The van der Waals surface area contributed by atoms with E-state index in [1.54, 1.807) is 18.2 Å². The van der Waals surface area contributed by atoms with Crippen LogP contribution in [0.2, 0.25) is 0 Å². The van der Waals surface area contributed by atoms with E-state index in [4.69, 9.17) is 4.42 Å². The van der Waals surface area contributed by atoms with Crippen LogP contribution in [0.1, 0.15) is 35.9 Å². The number of aromatic amines is 1. The van der Waals surface area contributed by atoms with Gasteiger partial charge in [-0.3, -0.25) is 0 Å². The van der Waals surface area contributed by atoms with Crippen LogP contribution in [0.3, 0.4) is 0 Å². The first kappa shape index (κ1) is 20.1. The minimum atomic E-state index is -3.88. The van der Waals surface area contributed by atoms with Gasteiger partial charge in [0.2, 0.25) is 15.9 Å². The average Bonchev–Trinajstić information content (AvgIpc) is 3.18. The number of nitrogens with zero attached hydrogens (tertiary/aromatic N) is 1. The Kier molecular flexibility index (Phi) is 5.27. The molecule has 7 nitrogen and oxygen atoms in total. The van der Waals surface area contributed by atoms with Gasteiger partial charge < -0.3 is 4.42 Å². The third-order valence-corrected chi connectivity index (χ3v) is 6.65. The van der Waals surface area contributed by atoms with Crippen LogP contribution < -0.4 is 10.5 Å². The van der Waals surface area contributed by atoms with Gasteiger partial charge in [-0.1, -0.05) is 61.5 Å². The third kappa shape index (κ3) is 3.79. The molecule has 1 heterocycles. The summed E-state index contributed by atoms with van der Waals surface area (Å²) in [5.74, 6) is -1.13. The molecule has 0 radical (unpaired) electrons. The van der Waals surface area contributed by atoms with Crippen molar-refractivity contribution in [2.45, 2.75) is 30.7 Å². The first-order chi connectivity index (χ1) is 14.4. The third-order valence-electron chi connectivity index (χ3n) is 5.19. The normalized spacial score (nSPS) is 13.9. The highest BCUT2D eigenvalue weighted by molar-refractivity contribution is 7.89. The molecule has 4 aromatic rings. The second-order valence-corrected chi connectivity index (χ2v) is 8.89. The Morgan fingerprint density at radius 1 is 1.00 bits per heavy atom. The summed E-state index contributed by atoms with van der Waals surface area (Å²) in [5.41, 5.74) is 2.00. The number of hydrogen-bond donors (Lipinski definition) is 2. The zero-order chi connectivity index (χ0) is 21.3. The summed E-state index contributed by atoms with van der Waals surface area (Å²) in [7, 11) is -3.88. The summed E-state index contributed by atoms with van der Waals surface area (Å²) in [4.78, 5) is 11.7. The highest BCUT2D eigenvalue weighted by Crippen LogP contribution is 2.36. The number of fused-ring (bicyclic) bond motifs is 1. The lowest BCUT2D eigenvalue weighted by atomic mass is 9.88. The van der Waals surface area contributed by atoms with Crippen LogP contribution >= 0.6 is 0 Å². The Bertz CT molecular complexity index is 1340. The molecular formula is C22H21N3O4S. The fraction of sp³-hybridized carbons (Fsp3) is 0.182. The molecule has 2 N–H and O–H groups in total. The summed E-state index contributed by atoms with van der Waals surface area (Å²) >= 11 is 0. The van der Waals surface area contributed by atoms with Gasteiger partial charge in [0.1, 0.15) is 6.04 Å². The first-order valence-corrected chi connectivity index (χ1v) is 11.0. The van der Waals surface area contributed by atoms with Crippen molar-refractivity contribution < 1.29 is 12.8 Å². The van der Waals surface area contributed by atoms with E-state index in [9.17, 15) is 13.2 Å². The first-order valence-electron chi connectivity index (χ1n) is 9.48. The smallest absolute Gasteiger partial charge is 0.391 e. The number of nitrogens with one attached hydrogen (secondary N) is 2. The zero-order valence-electron chi connectivity index (χ0n) is 16.5. The van der Waals surface area contributed by atoms with E-state index in [1.807, 2.05) is 50.2 Å². The van der Waals surface area contributed by atoms with Crippen molar-refractivity contribution in [1.82, 2.24) is 14.9 Å². The van der Waals surface area contributed by atoms with E-state index in [-0.39, 0.29) is 16.7 Å². The van der Waals surface area contributed by atoms with Gasteiger partial charge >= 0.3 is 5.76 Å². The number of benzene rings is 3. The van der Waals surface area contributed by atoms with Crippen molar-refractivity contribution in [3.63, 3.8) is 0 Å². The fourth-order valence-electron chi connectivity index (χ4n) is 3.70. The van der Waals surface area contributed by atoms with Gasteiger partial charge in [-0.2, -0.15) is 4.72 Å². The van der Waals surface area contributed by atoms with Gasteiger partial charge in [0.25, 0.3) is 0 Å². The van der Waals surface area contributed by atoms with E-state index >= 15 is 0 Å². The Hall–Kier alpha value is -3.23. The molecular weight excluding hydrogens is 402 g/mol. The lowest BCUT2D eigenvalue weighted by molar-refractivity contribution is 0.382. The Morgan fingerprint density at radius 3 is 2.37 bits per heavy atom. The van der Waals surface area contributed by atoms with Gasteiger partial charge in [-0.15, -0.1) is 5.10 Å². The highest BCUT2D eigenvalue weighted by atomic mass is 32.2. The van der Waals surface area contributed by atoms with Crippen molar-refractivity contribution in [2.75, 3.05) is 0 Å². The van der Waals surface area contributed by atoms with Crippen LogP contribution in [0, 0.1) is 6.92 Å². The minimum Gasteiger partial charge on any atom is -0.391 e. The van der Waals surface area contributed by atoms with Crippen LogP contribution in [0.15, 0.2) is 80.8 Å². The Balaban J connectivity index is 1.83. The minimum absolute atomic E-state index is 0.0161. The number of aromatic nitrogens is 2. The van der Waals surface area contributed by atoms with Gasteiger partial charge in [-0.05, 0) is 41.0 Å². The van der Waals surface area contributed by atoms with Crippen molar-refractivity contribution >= 4 is 20.8 Å². The fourth-order valence-corrected chi connectivity index (χ4v) is 4.99. The summed E-state index contributed by atoms with van der Waals surface area (Å²) in [6, 6.07) is 19.1. The Labute approximate surface area is 173 Å². The lowest BCUT2D eigenvalue weighted by Gasteiger charge is -2.24. The van der Waals surface area contributed by atoms with Gasteiger partial charge in [0.15, 0.2) is 0 Å². The number of sulfonamides is 1. The molecule has 0 amide bonds. The van der Waals surface area contributed by atoms with Crippen LogP contribution in [0.5, 0.6) is 0 Å². The molecule has 0 aliphatic carbocycles. The van der Waals surface area contributed by atoms with Crippen molar-refractivity contribution in [3.8, 4) is 0 Å². The summed E-state index contributed by atoms with van der Waals surface area (Å²) < 4.78 is 33.9. The number of H-pyrrole nitrogens is 1. The maximum absolute atomic E-state index is 13.0. The average molecular weight is 423 g/mol. The van der Waals surface area contributed by atoms with E-state index in [1.165, 1.54) is 12.1 Å². The summed E-state index contributed by atoms with van der Waals surface area (Å²) in [5, 5.41) is 8.22. The van der Waals surface area contributed by atoms with E-state index < -0.39 is 21.8 Å². The molecule has 0 aliphatic heterocycles. The predicted octanol–water partition coefficient (Wildman–Crippen LogP) is 3.65. The molecule has 0 fully saturated rings. The topological polar surface area (TPSA) is 105 Å². The van der Waals surface area contributed by atoms with Crippen LogP contribution in [0.25, 0.3) is 10.8 Å². The predicted molar refractivity (Wildman–Crippen MR) is 114 cm³/mol. The molecule has 0 saturated heterocycles. The van der Waals surface area contributed by atoms with E-state index in [2.05, 4.69) is 14.9 Å². The molecule has 4 rings (SSSR count). The molecule has 0 bridgehead atoms. The maximum atomic E-state index is 13.0. The molecule has 8 heteroatoms.